The van der Waals surface area contributed by atoms with Crippen LogP contribution in [0.1, 0.15) is 78.0 Å². The molecule has 0 bridgehead atoms. The highest BCUT2D eigenvalue weighted by atomic mass is 16.7. The maximum atomic E-state index is 6.08. The van der Waals surface area contributed by atoms with Gasteiger partial charge >= 0.3 is 0 Å². The Morgan fingerprint density at radius 2 is 1.48 bits per heavy atom. The van der Waals surface area contributed by atoms with E-state index in [1.165, 1.54) is 16.7 Å². The van der Waals surface area contributed by atoms with Crippen LogP contribution >= 0.6 is 0 Å². The summed E-state index contributed by atoms with van der Waals surface area (Å²) >= 11 is 0. The van der Waals surface area contributed by atoms with Crippen molar-refractivity contribution in [2.75, 3.05) is 6.61 Å². The van der Waals surface area contributed by atoms with Gasteiger partial charge in [0.2, 0.25) is 0 Å². The fourth-order valence-corrected chi connectivity index (χ4v) is 4.69. The highest BCUT2D eigenvalue weighted by molar-refractivity contribution is 5.39. The Morgan fingerprint density at radius 3 is 2.03 bits per heavy atom. The van der Waals surface area contributed by atoms with E-state index in [-0.39, 0.29) is 17.1 Å². The summed E-state index contributed by atoms with van der Waals surface area (Å²) in [5.74, 6) is 1.36. The van der Waals surface area contributed by atoms with Crippen LogP contribution in [0.2, 0.25) is 0 Å². The lowest BCUT2D eigenvalue weighted by atomic mass is 9.63. The molecule has 0 N–H and O–H groups in total. The molecule has 0 aliphatic rings. The monoisotopic (exact) mass is 396 g/mol. The molecule has 0 saturated heterocycles. The largest absolute Gasteiger partial charge is 0.465 e. The summed E-state index contributed by atoms with van der Waals surface area (Å²) in [6.45, 7) is 18.9. The summed E-state index contributed by atoms with van der Waals surface area (Å²) in [6.07, 6.45) is 1.63. The van der Waals surface area contributed by atoms with Crippen molar-refractivity contribution >= 4 is 0 Å². The lowest BCUT2D eigenvalue weighted by Gasteiger charge is -2.42. The molecule has 2 heteroatoms. The fraction of sp³-hybridized carbons (Fsp3) is 0.556. The van der Waals surface area contributed by atoms with Gasteiger partial charge in [-0.3, -0.25) is 0 Å². The third kappa shape index (κ3) is 6.89. The van der Waals surface area contributed by atoms with Crippen molar-refractivity contribution in [2.24, 2.45) is 10.8 Å². The third-order valence-corrected chi connectivity index (χ3v) is 5.43. The van der Waals surface area contributed by atoms with Gasteiger partial charge in [-0.05, 0) is 65.3 Å². The first-order valence-corrected chi connectivity index (χ1v) is 11.0. The second kappa shape index (κ2) is 9.80. The van der Waals surface area contributed by atoms with Crippen LogP contribution in [0.25, 0.3) is 0 Å². The predicted octanol–water partition coefficient (Wildman–Crippen LogP) is 7.41. The maximum absolute atomic E-state index is 6.08. The van der Waals surface area contributed by atoms with Crippen LogP contribution in [0.3, 0.4) is 0 Å². The van der Waals surface area contributed by atoms with Crippen molar-refractivity contribution in [2.45, 2.75) is 80.4 Å². The molecule has 29 heavy (non-hydrogen) atoms. The van der Waals surface area contributed by atoms with Crippen molar-refractivity contribution in [3.05, 3.63) is 65.2 Å². The molecule has 0 amide bonds. The van der Waals surface area contributed by atoms with E-state index in [1.807, 2.05) is 13.0 Å². The van der Waals surface area contributed by atoms with Crippen LogP contribution in [-0.4, -0.2) is 12.9 Å². The van der Waals surface area contributed by atoms with Gasteiger partial charge in [0.25, 0.3) is 0 Å². The van der Waals surface area contributed by atoms with Gasteiger partial charge in [0, 0.05) is 0 Å². The normalized spacial score (nSPS) is 13.6. The molecular formula is C27H40O2. The lowest BCUT2D eigenvalue weighted by molar-refractivity contribution is -0.0654. The van der Waals surface area contributed by atoms with Crippen LogP contribution < -0.4 is 4.74 Å². The summed E-state index contributed by atoms with van der Waals surface area (Å²) in [5.41, 5.74) is 4.48. The number of hydrogen-bond donors (Lipinski definition) is 0. The van der Waals surface area contributed by atoms with Crippen LogP contribution in [0.5, 0.6) is 5.75 Å². The lowest BCUT2D eigenvalue weighted by Crippen LogP contribution is -2.31. The van der Waals surface area contributed by atoms with Gasteiger partial charge in [-0.1, -0.05) is 84.9 Å². The molecule has 0 spiro atoms. The van der Waals surface area contributed by atoms with Crippen LogP contribution in [0.15, 0.2) is 48.5 Å². The smallest absolute Gasteiger partial charge is 0.196 e. The minimum Gasteiger partial charge on any atom is -0.465 e. The van der Waals surface area contributed by atoms with E-state index >= 15 is 0 Å². The van der Waals surface area contributed by atoms with Crippen LogP contribution in [0, 0.1) is 10.8 Å². The average molecular weight is 397 g/mol. The molecule has 0 heterocycles. The highest BCUT2D eigenvalue weighted by Gasteiger charge is 2.37. The van der Waals surface area contributed by atoms with E-state index < -0.39 is 0 Å². The number of hydrogen-bond acceptors (Lipinski definition) is 2. The topological polar surface area (TPSA) is 18.5 Å². The number of aryl methyl sites for hydroxylation is 1. The predicted molar refractivity (Wildman–Crippen MR) is 124 cm³/mol. The zero-order valence-corrected chi connectivity index (χ0v) is 19.7. The first kappa shape index (κ1) is 23.5. The van der Waals surface area contributed by atoms with E-state index in [1.54, 1.807) is 0 Å². The SMILES string of the molecule is CCc1cc(OC(C)OCCc2ccccc2)ccc1C(C(C)(C)C)C(C)(C)C. The molecule has 0 saturated carbocycles. The zero-order valence-electron chi connectivity index (χ0n) is 19.7. The summed E-state index contributed by atoms with van der Waals surface area (Å²) < 4.78 is 12.0. The zero-order chi connectivity index (χ0) is 21.7. The Hall–Kier alpha value is -1.80. The van der Waals surface area contributed by atoms with Gasteiger partial charge in [-0.15, -0.1) is 0 Å². The second-order valence-electron chi connectivity index (χ2n) is 10.2. The van der Waals surface area contributed by atoms with Gasteiger partial charge in [-0.25, -0.2) is 0 Å². The first-order valence-electron chi connectivity index (χ1n) is 11.0. The van der Waals surface area contributed by atoms with Crippen molar-refractivity contribution in [3.8, 4) is 5.75 Å². The molecule has 0 radical (unpaired) electrons. The van der Waals surface area contributed by atoms with Crippen molar-refractivity contribution < 1.29 is 9.47 Å². The quantitative estimate of drug-likeness (QED) is 0.432. The standard InChI is InChI=1S/C27H40O2/c1-9-22-19-23(15-16-24(22)25(26(3,4)5)27(6,7)8)29-20(2)28-18-17-21-13-11-10-12-14-21/h10-16,19-20,25H,9,17-18H2,1-8H3. The molecule has 0 aliphatic heterocycles. The van der Waals surface area contributed by atoms with Gasteiger partial charge in [-0.2, -0.15) is 0 Å². The highest BCUT2D eigenvalue weighted by Crippen LogP contribution is 2.48. The summed E-state index contributed by atoms with van der Waals surface area (Å²) in [7, 11) is 0. The van der Waals surface area contributed by atoms with Gasteiger partial charge in [0.15, 0.2) is 6.29 Å². The third-order valence-electron chi connectivity index (χ3n) is 5.43. The Bertz CT molecular complexity index is 736. The summed E-state index contributed by atoms with van der Waals surface area (Å²) in [6, 6.07) is 17.0. The minimum absolute atomic E-state index is 0.193. The first-order chi connectivity index (χ1) is 13.5. The molecule has 1 unspecified atom stereocenters. The molecular weight excluding hydrogens is 356 g/mol. The van der Waals surface area contributed by atoms with Crippen molar-refractivity contribution in [1.82, 2.24) is 0 Å². The van der Waals surface area contributed by atoms with E-state index in [0.29, 0.717) is 12.5 Å². The molecule has 2 aromatic carbocycles. The van der Waals surface area contributed by atoms with Crippen LogP contribution in [-0.2, 0) is 17.6 Å². The molecule has 160 valence electrons. The number of rotatable bonds is 8. The second-order valence-corrected chi connectivity index (χ2v) is 10.2. The molecule has 0 aliphatic carbocycles. The Kier molecular flexibility index (Phi) is 7.94. The molecule has 2 rings (SSSR count). The molecule has 0 aromatic heterocycles. The molecule has 2 nitrogen and oxygen atoms in total. The van der Waals surface area contributed by atoms with Gasteiger partial charge in [0.05, 0.1) is 6.61 Å². The Morgan fingerprint density at radius 1 is 0.862 bits per heavy atom. The molecule has 1 atom stereocenters. The Labute approximate surface area is 178 Å². The number of benzene rings is 2. The number of ether oxygens (including phenoxy) is 2. The van der Waals surface area contributed by atoms with Crippen molar-refractivity contribution in [3.63, 3.8) is 0 Å². The van der Waals surface area contributed by atoms with E-state index in [0.717, 1.165) is 18.6 Å². The maximum Gasteiger partial charge on any atom is 0.196 e. The van der Waals surface area contributed by atoms with E-state index in [4.69, 9.17) is 9.47 Å². The van der Waals surface area contributed by atoms with Crippen LogP contribution in [0.4, 0.5) is 0 Å². The summed E-state index contributed by atoms with van der Waals surface area (Å²) in [4.78, 5) is 0. The van der Waals surface area contributed by atoms with Gasteiger partial charge < -0.3 is 9.47 Å². The summed E-state index contributed by atoms with van der Waals surface area (Å²) in [5, 5.41) is 0. The van der Waals surface area contributed by atoms with Crippen molar-refractivity contribution in [1.29, 1.82) is 0 Å². The Balaban J connectivity index is 2.07. The van der Waals surface area contributed by atoms with Gasteiger partial charge in [0.1, 0.15) is 5.75 Å². The fourth-order valence-electron chi connectivity index (χ4n) is 4.69. The minimum atomic E-state index is -0.268. The molecule has 2 aromatic rings. The van der Waals surface area contributed by atoms with E-state index in [9.17, 15) is 0 Å². The molecule has 0 fully saturated rings. The average Bonchev–Trinajstić information content (AvgIpc) is 2.61. The van der Waals surface area contributed by atoms with E-state index in [2.05, 4.69) is 90.9 Å².